The summed E-state index contributed by atoms with van der Waals surface area (Å²) >= 11 is 0. The molecule has 1 aliphatic rings. The normalized spacial score (nSPS) is 17.8. The van der Waals surface area contributed by atoms with Crippen molar-refractivity contribution in [1.29, 1.82) is 0 Å². The van der Waals surface area contributed by atoms with E-state index in [0.29, 0.717) is 26.2 Å². The maximum Gasteiger partial charge on any atom is 0.269 e. The zero-order chi connectivity index (χ0) is 20.8. The fraction of sp³-hybridized carbons (Fsp3) is 0.524. The lowest BCUT2D eigenvalue weighted by atomic mass is 9.99. The van der Waals surface area contributed by atoms with Gasteiger partial charge in [0, 0.05) is 52.3 Å². The van der Waals surface area contributed by atoms with Gasteiger partial charge in [0.15, 0.2) is 0 Å². The summed E-state index contributed by atoms with van der Waals surface area (Å²) in [6.45, 7) is 4.35. The standard InChI is InChI=1S/C21H29N5O3/c1-16(17-6-4-8-22-13-17)21(28)25-9-5-7-18(15-25)26-20(27)12-19(14-23-26)24(2)10-11-29-3/h4,6,8,12-14,16,18H,5,7,9-11,15H2,1-3H3/t16-,18-/m0/s1. The Balaban J connectivity index is 1.70. The van der Waals surface area contributed by atoms with Gasteiger partial charge in [-0.05, 0) is 31.4 Å². The molecule has 1 fully saturated rings. The minimum Gasteiger partial charge on any atom is -0.383 e. The number of methoxy groups -OCH3 is 1. The van der Waals surface area contributed by atoms with Crippen LogP contribution in [-0.2, 0) is 9.53 Å². The topological polar surface area (TPSA) is 80.6 Å². The molecule has 2 aromatic rings. The third-order valence-electron chi connectivity index (χ3n) is 5.49. The minimum atomic E-state index is -0.260. The lowest BCUT2D eigenvalue weighted by molar-refractivity contribution is -0.134. The van der Waals surface area contributed by atoms with Gasteiger partial charge < -0.3 is 14.5 Å². The molecule has 0 spiro atoms. The SMILES string of the molecule is COCCN(C)c1cnn([C@H]2CCCN(C(=O)[C@@H](C)c3cccnc3)C2)c(=O)c1. The van der Waals surface area contributed by atoms with Crippen LogP contribution in [0.25, 0.3) is 0 Å². The smallest absolute Gasteiger partial charge is 0.269 e. The first-order valence-corrected chi connectivity index (χ1v) is 9.99. The zero-order valence-corrected chi connectivity index (χ0v) is 17.3. The van der Waals surface area contributed by atoms with Gasteiger partial charge in [0.25, 0.3) is 5.56 Å². The van der Waals surface area contributed by atoms with Crippen LogP contribution in [0.1, 0.15) is 37.3 Å². The number of anilines is 1. The summed E-state index contributed by atoms with van der Waals surface area (Å²) in [5, 5.41) is 4.40. The molecule has 8 nitrogen and oxygen atoms in total. The summed E-state index contributed by atoms with van der Waals surface area (Å²) in [4.78, 5) is 33.6. The van der Waals surface area contributed by atoms with Crippen molar-refractivity contribution in [3.05, 3.63) is 52.7 Å². The summed E-state index contributed by atoms with van der Waals surface area (Å²) in [7, 11) is 3.55. The number of nitrogens with zero attached hydrogens (tertiary/aromatic N) is 5. The highest BCUT2D eigenvalue weighted by atomic mass is 16.5. The predicted molar refractivity (Wildman–Crippen MR) is 111 cm³/mol. The molecule has 156 valence electrons. The average molecular weight is 399 g/mol. The van der Waals surface area contributed by atoms with Crippen LogP contribution in [0.2, 0.25) is 0 Å². The number of ether oxygens (including phenoxy) is 1. The molecule has 0 aliphatic carbocycles. The van der Waals surface area contributed by atoms with E-state index in [1.807, 2.05) is 35.9 Å². The highest BCUT2D eigenvalue weighted by molar-refractivity contribution is 5.83. The van der Waals surface area contributed by atoms with Crippen LogP contribution in [0.3, 0.4) is 0 Å². The molecule has 0 radical (unpaired) electrons. The molecule has 0 aromatic carbocycles. The van der Waals surface area contributed by atoms with Crippen molar-refractivity contribution in [1.82, 2.24) is 19.7 Å². The number of pyridine rings is 1. The monoisotopic (exact) mass is 399 g/mol. The van der Waals surface area contributed by atoms with Gasteiger partial charge in [-0.2, -0.15) is 5.10 Å². The van der Waals surface area contributed by atoms with Crippen molar-refractivity contribution in [2.75, 3.05) is 45.3 Å². The van der Waals surface area contributed by atoms with Gasteiger partial charge in [-0.1, -0.05) is 6.07 Å². The summed E-state index contributed by atoms with van der Waals surface area (Å²) in [5.41, 5.74) is 1.52. The van der Waals surface area contributed by atoms with Crippen LogP contribution in [-0.4, -0.2) is 66.0 Å². The van der Waals surface area contributed by atoms with Crippen LogP contribution < -0.4 is 10.5 Å². The molecule has 2 aromatic heterocycles. The van der Waals surface area contributed by atoms with E-state index in [4.69, 9.17) is 4.74 Å². The second-order valence-electron chi connectivity index (χ2n) is 7.50. The predicted octanol–water partition coefficient (Wildman–Crippen LogP) is 1.69. The first-order valence-electron chi connectivity index (χ1n) is 9.99. The number of rotatable bonds is 7. The zero-order valence-electron chi connectivity index (χ0n) is 17.3. The van der Waals surface area contributed by atoms with Crippen molar-refractivity contribution in [3.63, 3.8) is 0 Å². The third kappa shape index (κ3) is 5.00. The molecule has 3 heterocycles. The van der Waals surface area contributed by atoms with Crippen molar-refractivity contribution in [3.8, 4) is 0 Å². The van der Waals surface area contributed by atoms with Gasteiger partial charge >= 0.3 is 0 Å². The van der Waals surface area contributed by atoms with E-state index < -0.39 is 0 Å². The molecule has 29 heavy (non-hydrogen) atoms. The summed E-state index contributed by atoms with van der Waals surface area (Å²) in [6.07, 6.45) is 6.81. The lowest BCUT2D eigenvalue weighted by Crippen LogP contribution is -2.45. The molecule has 0 N–H and O–H groups in total. The van der Waals surface area contributed by atoms with Crippen molar-refractivity contribution >= 4 is 11.6 Å². The number of likely N-dealkylation sites (N-methyl/N-ethyl adjacent to an activating group) is 1. The molecule has 1 aliphatic heterocycles. The van der Waals surface area contributed by atoms with Crippen LogP contribution in [0.15, 0.2) is 41.6 Å². The second kappa shape index (κ2) is 9.65. The molecule has 2 atom stereocenters. The Morgan fingerprint density at radius 3 is 2.93 bits per heavy atom. The Morgan fingerprint density at radius 1 is 1.41 bits per heavy atom. The minimum absolute atomic E-state index is 0.0617. The van der Waals surface area contributed by atoms with E-state index in [2.05, 4.69) is 10.1 Å². The van der Waals surface area contributed by atoms with Crippen LogP contribution >= 0.6 is 0 Å². The first-order chi connectivity index (χ1) is 14.0. The van der Waals surface area contributed by atoms with Crippen LogP contribution in [0, 0.1) is 0 Å². The maximum atomic E-state index is 13.0. The van der Waals surface area contributed by atoms with Gasteiger partial charge in [0.1, 0.15) is 0 Å². The van der Waals surface area contributed by atoms with Crippen molar-refractivity contribution in [2.24, 2.45) is 0 Å². The molecule has 0 saturated carbocycles. The van der Waals surface area contributed by atoms with Gasteiger partial charge in [-0.3, -0.25) is 14.6 Å². The van der Waals surface area contributed by atoms with E-state index in [1.165, 1.54) is 4.68 Å². The lowest BCUT2D eigenvalue weighted by Gasteiger charge is -2.34. The maximum absolute atomic E-state index is 13.0. The van der Waals surface area contributed by atoms with Gasteiger partial charge in [-0.15, -0.1) is 0 Å². The number of hydrogen-bond donors (Lipinski definition) is 0. The molecule has 8 heteroatoms. The average Bonchev–Trinajstić information content (AvgIpc) is 2.77. The van der Waals surface area contributed by atoms with Gasteiger partial charge in [0.05, 0.1) is 30.5 Å². The number of carbonyl (C=O) groups is 1. The third-order valence-corrected chi connectivity index (χ3v) is 5.49. The van der Waals surface area contributed by atoms with E-state index in [1.54, 1.807) is 31.8 Å². The van der Waals surface area contributed by atoms with Crippen LogP contribution in [0.4, 0.5) is 5.69 Å². The Hall–Kier alpha value is -2.74. The number of hydrogen-bond acceptors (Lipinski definition) is 6. The van der Waals surface area contributed by atoms with Crippen molar-refractivity contribution < 1.29 is 9.53 Å². The molecule has 0 unspecified atom stereocenters. The number of aromatic nitrogens is 3. The number of likely N-dealkylation sites (tertiary alicyclic amines) is 1. The van der Waals surface area contributed by atoms with Gasteiger partial charge in [0.2, 0.25) is 5.91 Å². The first kappa shape index (κ1) is 21.0. The van der Waals surface area contributed by atoms with Crippen LogP contribution in [0.5, 0.6) is 0 Å². The summed E-state index contributed by atoms with van der Waals surface area (Å²) in [5.74, 6) is -0.199. The Kier molecular flexibility index (Phi) is 6.98. The molecular formula is C21H29N5O3. The van der Waals surface area contributed by atoms with Crippen molar-refractivity contribution in [2.45, 2.75) is 31.7 Å². The molecule has 0 bridgehead atoms. The van der Waals surface area contributed by atoms with E-state index >= 15 is 0 Å². The molecular weight excluding hydrogens is 370 g/mol. The number of carbonyl (C=O) groups excluding carboxylic acids is 1. The number of amides is 1. The van der Waals surface area contributed by atoms with Gasteiger partial charge in [-0.25, -0.2) is 4.68 Å². The fourth-order valence-electron chi connectivity index (χ4n) is 3.65. The Labute approximate surface area is 171 Å². The summed E-state index contributed by atoms with van der Waals surface area (Å²) in [6, 6.07) is 5.25. The second-order valence-corrected chi connectivity index (χ2v) is 7.50. The molecule has 1 saturated heterocycles. The van der Waals surface area contributed by atoms with E-state index in [0.717, 1.165) is 24.1 Å². The van der Waals surface area contributed by atoms with E-state index in [9.17, 15) is 9.59 Å². The molecule has 1 amide bonds. The summed E-state index contributed by atoms with van der Waals surface area (Å²) < 4.78 is 6.60. The Bertz CT molecular complexity index is 870. The quantitative estimate of drug-likeness (QED) is 0.705. The Morgan fingerprint density at radius 2 is 2.24 bits per heavy atom. The molecule has 3 rings (SSSR count). The highest BCUT2D eigenvalue weighted by Gasteiger charge is 2.29. The largest absolute Gasteiger partial charge is 0.383 e. The highest BCUT2D eigenvalue weighted by Crippen LogP contribution is 2.24. The number of piperidine rings is 1. The fourth-order valence-corrected chi connectivity index (χ4v) is 3.65. The van der Waals surface area contributed by atoms with E-state index in [-0.39, 0.29) is 23.4 Å².